The normalized spacial score (nSPS) is 17.2. The fraction of sp³-hybridized carbons (Fsp3) is 0.267. The highest BCUT2D eigenvalue weighted by Crippen LogP contribution is 2.35. The Balaban J connectivity index is 1.41. The monoisotopic (exact) mass is 547 g/mol. The fourth-order valence-electron chi connectivity index (χ4n) is 5.26. The van der Waals surface area contributed by atoms with Gasteiger partial charge in [-0.15, -0.1) is 0 Å². The summed E-state index contributed by atoms with van der Waals surface area (Å²) in [6.07, 6.45) is 0.420. The molecule has 0 bridgehead atoms. The number of carbonyl (C=O) groups is 2. The van der Waals surface area contributed by atoms with E-state index in [0.29, 0.717) is 41.7 Å². The Morgan fingerprint density at radius 3 is 2.54 bits per heavy atom. The van der Waals surface area contributed by atoms with Gasteiger partial charge in [0.25, 0.3) is 5.91 Å². The van der Waals surface area contributed by atoms with E-state index in [4.69, 9.17) is 25.8 Å². The number of methoxy groups -OCH3 is 3. The van der Waals surface area contributed by atoms with Crippen molar-refractivity contribution in [1.29, 1.82) is 0 Å². The van der Waals surface area contributed by atoms with E-state index in [9.17, 15) is 9.59 Å². The lowest BCUT2D eigenvalue weighted by molar-refractivity contribution is -0.146. The number of esters is 1. The molecule has 2 N–H and O–H groups in total. The summed E-state index contributed by atoms with van der Waals surface area (Å²) in [5.74, 6) is 0.748. The Bertz CT molecular complexity index is 1500. The number of H-pyrrole nitrogens is 1. The SMILES string of the molecule is COC(=O)[C@@H]1C[C@H](NC(=O)c2[nH]c3ccc(Cl)cc3c2-c2ccccc2)CN1Cc1ccc(OC)cc1OC. The molecule has 1 aliphatic heterocycles. The number of likely N-dealkylation sites (tertiary alicyclic amines) is 1. The second-order valence-corrected chi connectivity index (χ2v) is 9.92. The van der Waals surface area contributed by atoms with Crippen LogP contribution in [0.3, 0.4) is 0 Å². The van der Waals surface area contributed by atoms with Gasteiger partial charge in [-0.2, -0.15) is 0 Å². The van der Waals surface area contributed by atoms with Crippen LogP contribution in [0.2, 0.25) is 5.02 Å². The quantitative estimate of drug-likeness (QED) is 0.300. The van der Waals surface area contributed by atoms with Gasteiger partial charge in [0.15, 0.2) is 0 Å². The zero-order chi connectivity index (χ0) is 27.5. The smallest absolute Gasteiger partial charge is 0.323 e. The molecule has 0 aliphatic carbocycles. The molecule has 5 rings (SSSR count). The number of aromatic nitrogens is 1. The van der Waals surface area contributed by atoms with E-state index in [2.05, 4.69) is 10.3 Å². The highest BCUT2D eigenvalue weighted by atomic mass is 35.5. The zero-order valence-corrected chi connectivity index (χ0v) is 22.7. The van der Waals surface area contributed by atoms with Crippen LogP contribution in [0.4, 0.5) is 0 Å². The maximum absolute atomic E-state index is 13.7. The number of fused-ring (bicyclic) bond motifs is 1. The Morgan fingerprint density at radius 1 is 1.03 bits per heavy atom. The molecule has 0 spiro atoms. The van der Waals surface area contributed by atoms with Crippen LogP contribution in [0.25, 0.3) is 22.0 Å². The average Bonchev–Trinajstić information content (AvgIpc) is 3.54. The van der Waals surface area contributed by atoms with Crippen LogP contribution in [0.15, 0.2) is 66.7 Å². The minimum atomic E-state index is -0.512. The van der Waals surface area contributed by atoms with Gasteiger partial charge in [0.2, 0.25) is 0 Å². The molecule has 0 radical (unpaired) electrons. The highest BCUT2D eigenvalue weighted by Gasteiger charge is 2.39. The Morgan fingerprint density at radius 2 is 1.82 bits per heavy atom. The number of aromatic amines is 1. The first-order chi connectivity index (χ1) is 18.9. The van der Waals surface area contributed by atoms with Crippen LogP contribution < -0.4 is 14.8 Å². The molecule has 39 heavy (non-hydrogen) atoms. The third-order valence-electron chi connectivity index (χ3n) is 7.13. The minimum Gasteiger partial charge on any atom is -0.497 e. The second kappa shape index (κ2) is 11.4. The maximum atomic E-state index is 13.7. The number of amides is 1. The largest absolute Gasteiger partial charge is 0.497 e. The molecule has 8 nitrogen and oxygen atoms in total. The number of halogens is 1. The minimum absolute atomic E-state index is 0.251. The van der Waals surface area contributed by atoms with E-state index in [1.807, 2.05) is 65.6 Å². The summed E-state index contributed by atoms with van der Waals surface area (Å²) in [7, 11) is 4.57. The number of benzene rings is 3. The van der Waals surface area contributed by atoms with Gasteiger partial charge < -0.3 is 24.5 Å². The predicted octanol–water partition coefficient (Wildman–Crippen LogP) is 5.05. The van der Waals surface area contributed by atoms with Crippen molar-refractivity contribution in [1.82, 2.24) is 15.2 Å². The van der Waals surface area contributed by atoms with Gasteiger partial charge in [-0.1, -0.05) is 48.0 Å². The molecule has 9 heteroatoms. The first-order valence-electron chi connectivity index (χ1n) is 12.6. The van der Waals surface area contributed by atoms with Crippen LogP contribution >= 0.6 is 11.6 Å². The molecular formula is C30H30ClN3O5. The van der Waals surface area contributed by atoms with E-state index in [-0.39, 0.29) is 17.9 Å². The molecule has 1 amide bonds. The van der Waals surface area contributed by atoms with Gasteiger partial charge in [-0.3, -0.25) is 14.5 Å². The Kier molecular flexibility index (Phi) is 7.77. The molecule has 3 aromatic carbocycles. The maximum Gasteiger partial charge on any atom is 0.323 e. The third-order valence-corrected chi connectivity index (χ3v) is 7.36. The number of nitrogens with zero attached hydrogens (tertiary/aromatic N) is 1. The lowest BCUT2D eigenvalue weighted by Crippen LogP contribution is -2.38. The lowest BCUT2D eigenvalue weighted by atomic mass is 10.0. The molecule has 1 fully saturated rings. The van der Waals surface area contributed by atoms with Crippen molar-refractivity contribution < 1.29 is 23.8 Å². The van der Waals surface area contributed by atoms with Gasteiger partial charge >= 0.3 is 5.97 Å². The van der Waals surface area contributed by atoms with Gasteiger partial charge in [-0.05, 0) is 36.2 Å². The number of rotatable bonds is 8. The van der Waals surface area contributed by atoms with Crippen molar-refractivity contribution in [3.8, 4) is 22.6 Å². The molecule has 1 saturated heterocycles. The fourth-order valence-corrected chi connectivity index (χ4v) is 5.43. The van der Waals surface area contributed by atoms with Crippen LogP contribution in [0, 0.1) is 0 Å². The summed E-state index contributed by atoms with van der Waals surface area (Å²) >= 11 is 6.31. The van der Waals surface area contributed by atoms with E-state index in [1.54, 1.807) is 20.3 Å². The summed E-state index contributed by atoms with van der Waals surface area (Å²) in [6, 6.07) is 20.0. The number of ether oxygens (including phenoxy) is 3. The van der Waals surface area contributed by atoms with Crippen LogP contribution in [0.1, 0.15) is 22.5 Å². The molecular weight excluding hydrogens is 518 g/mol. The number of nitrogens with one attached hydrogen (secondary N) is 2. The molecule has 0 saturated carbocycles. The van der Waals surface area contributed by atoms with Gasteiger partial charge in [0, 0.05) is 52.3 Å². The van der Waals surface area contributed by atoms with Gasteiger partial charge in [0.1, 0.15) is 23.2 Å². The summed E-state index contributed by atoms with van der Waals surface area (Å²) in [5.41, 5.74) is 3.85. The van der Waals surface area contributed by atoms with Crippen molar-refractivity contribution in [2.75, 3.05) is 27.9 Å². The van der Waals surface area contributed by atoms with E-state index in [1.165, 1.54) is 7.11 Å². The molecule has 1 aliphatic rings. The van der Waals surface area contributed by atoms with Crippen molar-refractivity contribution in [3.05, 3.63) is 83.0 Å². The predicted molar refractivity (Wildman–Crippen MR) is 150 cm³/mol. The molecule has 202 valence electrons. The third kappa shape index (κ3) is 5.44. The van der Waals surface area contributed by atoms with Gasteiger partial charge in [0.05, 0.1) is 21.3 Å². The first-order valence-corrected chi connectivity index (χ1v) is 13.0. The Labute approximate surface area is 231 Å². The molecule has 2 atom stereocenters. The number of hydrogen-bond donors (Lipinski definition) is 2. The Hall–Kier alpha value is -4.01. The molecule has 0 unspecified atom stereocenters. The summed E-state index contributed by atoms with van der Waals surface area (Å²) in [6.45, 7) is 0.910. The highest BCUT2D eigenvalue weighted by molar-refractivity contribution is 6.31. The van der Waals surface area contributed by atoms with E-state index in [0.717, 1.165) is 27.6 Å². The number of carbonyl (C=O) groups excluding carboxylic acids is 2. The number of hydrogen-bond acceptors (Lipinski definition) is 6. The molecule has 2 heterocycles. The summed E-state index contributed by atoms with van der Waals surface area (Å²) in [5, 5.41) is 4.60. The molecule has 4 aromatic rings. The summed E-state index contributed by atoms with van der Waals surface area (Å²) in [4.78, 5) is 31.7. The van der Waals surface area contributed by atoms with Crippen molar-refractivity contribution in [3.63, 3.8) is 0 Å². The first kappa shape index (κ1) is 26.6. The van der Waals surface area contributed by atoms with Crippen molar-refractivity contribution in [2.45, 2.75) is 25.0 Å². The van der Waals surface area contributed by atoms with Crippen LogP contribution in [-0.2, 0) is 16.1 Å². The van der Waals surface area contributed by atoms with Crippen molar-refractivity contribution >= 4 is 34.4 Å². The van der Waals surface area contributed by atoms with Crippen molar-refractivity contribution in [2.24, 2.45) is 0 Å². The standard InChI is InChI=1S/C30H30ClN3O5/c1-37-22-11-9-19(26(15-22)38-2)16-34-17-21(14-25(34)30(36)39-3)32-29(35)28-27(18-7-5-4-6-8-18)23-13-20(31)10-12-24(23)33-28/h4-13,15,21,25,33H,14,16-17H2,1-3H3,(H,32,35)/t21-,25-/m0/s1. The lowest BCUT2D eigenvalue weighted by Gasteiger charge is -2.23. The molecule has 1 aromatic heterocycles. The topological polar surface area (TPSA) is 92.9 Å². The summed E-state index contributed by atoms with van der Waals surface area (Å²) < 4.78 is 16.0. The van der Waals surface area contributed by atoms with Crippen LogP contribution in [0.5, 0.6) is 11.5 Å². The van der Waals surface area contributed by atoms with Crippen LogP contribution in [-0.4, -0.2) is 61.7 Å². The zero-order valence-electron chi connectivity index (χ0n) is 22.0. The average molecular weight is 548 g/mol. The van der Waals surface area contributed by atoms with E-state index < -0.39 is 6.04 Å². The second-order valence-electron chi connectivity index (χ2n) is 9.48. The van der Waals surface area contributed by atoms with Gasteiger partial charge in [-0.25, -0.2) is 0 Å². The van der Waals surface area contributed by atoms with E-state index >= 15 is 0 Å².